The van der Waals surface area contributed by atoms with E-state index in [0.717, 1.165) is 0 Å². The van der Waals surface area contributed by atoms with Crippen LogP contribution in [0.3, 0.4) is 0 Å². The predicted octanol–water partition coefficient (Wildman–Crippen LogP) is 3.36. The van der Waals surface area contributed by atoms with Crippen molar-refractivity contribution in [3.63, 3.8) is 0 Å². The molecule has 8 heteroatoms. The van der Waals surface area contributed by atoms with E-state index in [1.54, 1.807) is 47.1 Å². The lowest BCUT2D eigenvalue weighted by atomic mass is 10.1. The SMILES string of the molecule is CCOC(=O)Oc1ccc(C(=O)N2CCN(C(=O)/C=C/c3cccc(F)c3)CC2)cc1. The lowest BCUT2D eigenvalue weighted by Gasteiger charge is -2.34. The number of ether oxygens (including phenoxy) is 2. The molecule has 7 nitrogen and oxygen atoms in total. The summed E-state index contributed by atoms with van der Waals surface area (Å²) in [5.41, 5.74) is 1.07. The van der Waals surface area contributed by atoms with Crippen LogP contribution in [0.5, 0.6) is 5.75 Å². The highest BCUT2D eigenvalue weighted by molar-refractivity contribution is 5.95. The molecule has 0 atom stereocenters. The topological polar surface area (TPSA) is 76.2 Å². The fourth-order valence-corrected chi connectivity index (χ4v) is 3.10. The fraction of sp³-hybridized carbons (Fsp3) is 0.261. The molecule has 3 rings (SSSR count). The van der Waals surface area contributed by atoms with E-state index in [2.05, 4.69) is 0 Å². The van der Waals surface area contributed by atoms with Crippen LogP contribution in [0.4, 0.5) is 9.18 Å². The summed E-state index contributed by atoms with van der Waals surface area (Å²) >= 11 is 0. The zero-order valence-electron chi connectivity index (χ0n) is 17.1. The number of carbonyl (C=O) groups is 3. The summed E-state index contributed by atoms with van der Waals surface area (Å²) in [4.78, 5) is 39.7. The fourth-order valence-electron chi connectivity index (χ4n) is 3.10. The minimum Gasteiger partial charge on any atom is -0.434 e. The van der Waals surface area contributed by atoms with E-state index in [9.17, 15) is 18.8 Å². The van der Waals surface area contributed by atoms with Crippen molar-refractivity contribution < 1.29 is 28.2 Å². The lowest BCUT2D eigenvalue weighted by Crippen LogP contribution is -2.50. The van der Waals surface area contributed by atoms with Crippen molar-refractivity contribution in [1.82, 2.24) is 9.80 Å². The van der Waals surface area contributed by atoms with Crippen LogP contribution >= 0.6 is 0 Å². The third-order valence-electron chi connectivity index (χ3n) is 4.71. The summed E-state index contributed by atoms with van der Waals surface area (Å²) in [6.07, 6.45) is 2.19. The largest absolute Gasteiger partial charge is 0.513 e. The van der Waals surface area contributed by atoms with Gasteiger partial charge in [-0.1, -0.05) is 12.1 Å². The van der Waals surface area contributed by atoms with Gasteiger partial charge in [-0.25, -0.2) is 9.18 Å². The summed E-state index contributed by atoms with van der Waals surface area (Å²) < 4.78 is 22.9. The standard InChI is InChI=1S/C23H23FN2O5/c1-2-30-23(29)31-20-9-7-18(8-10-20)22(28)26-14-12-25(13-15-26)21(27)11-6-17-4-3-5-19(24)16-17/h3-11,16H,2,12-15H2,1H3/b11-6+. The summed E-state index contributed by atoms with van der Waals surface area (Å²) in [6, 6.07) is 12.2. The van der Waals surface area contributed by atoms with Gasteiger partial charge in [0, 0.05) is 37.8 Å². The first-order valence-corrected chi connectivity index (χ1v) is 9.93. The van der Waals surface area contributed by atoms with E-state index in [1.807, 2.05) is 0 Å². The molecule has 0 unspecified atom stereocenters. The number of rotatable bonds is 5. The maximum atomic E-state index is 13.2. The van der Waals surface area contributed by atoms with Crippen molar-refractivity contribution in [2.45, 2.75) is 6.92 Å². The summed E-state index contributed by atoms with van der Waals surface area (Å²) in [5.74, 6) is -0.417. The number of hydrogen-bond donors (Lipinski definition) is 0. The Morgan fingerprint density at radius 3 is 2.32 bits per heavy atom. The van der Waals surface area contributed by atoms with E-state index in [0.29, 0.717) is 37.3 Å². The third-order valence-corrected chi connectivity index (χ3v) is 4.71. The van der Waals surface area contributed by atoms with E-state index >= 15 is 0 Å². The summed E-state index contributed by atoms with van der Waals surface area (Å²) in [5, 5.41) is 0. The van der Waals surface area contributed by atoms with Gasteiger partial charge in [-0.15, -0.1) is 0 Å². The number of benzene rings is 2. The van der Waals surface area contributed by atoms with Gasteiger partial charge in [-0.3, -0.25) is 9.59 Å². The average molecular weight is 426 g/mol. The lowest BCUT2D eigenvalue weighted by molar-refractivity contribution is -0.127. The normalized spacial score (nSPS) is 13.9. The van der Waals surface area contributed by atoms with Crippen LogP contribution in [0.25, 0.3) is 6.08 Å². The molecule has 162 valence electrons. The van der Waals surface area contributed by atoms with Gasteiger partial charge >= 0.3 is 6.16 Å². The first-order chi connectivity index (χ1) is 15.0. The van der Waals surface area contributed by atoms with Crippen molar-refractivity contribution in [2.75, 3.05) is 32.8 Å². The number of carbonyl (C=O) groups excluding carboxylic acids is 3. The van der Waals surface area contributed by atoms with Gasteiger partial charge in [0.1, 0.15) is 11.6 Å². The molecular weight excluding hydrogens is 403 g/mol. The van der Waals surface area contributed by atoms with Crippen molar-refractivity contribution in [1.29, 1.82) is 0 Å². The molecule has 0 saturated carbocycles. The Morgan fingerprint density at radius 2 is 1.68 bits per heavy atom. The maximum Gasteiger partial charge on any atom is 0.513 e. The van der Waals surface area contributed by atoms with Crippen LogP contribution in [0, 0.1) is 5.82 Å². The molecule has 1 saturated heterocycles. The predicted molar refractivity (Wildman–Crippen MR) is 112 cm³/mol. The zero-order valence-corrected chi connectivity index (χ0v) is 17.1. The zero-order chi connectivity index (χ0) is 22.2. The van der Waals surface area contributed by atoms with Gasteiger partial charge in [-0.2, -0.15) is 0 Å². The monoisotopic (exact) mass is 426 g/mol. The Bertz CT molecular complexity index is 966. The van der Waals surface area contributed by atoms with Crippen molar-refractivity contribution in [3.8, 4) is 5.75 Å². The van der Waals surface area contributed by atoms with Crippen molar-refractivity contribution in [2.24, 2.45) is 0 Å². The van der Waals surface area contributed by atoms with Crippen molar-refractivity contribution in [3.05, 3.63) is 71.6 Å². The number of hydrogen-bond acceptors (Lipinski definition) is 5. The van der Waals surface area contributed by atoms with E-state index in [-0.39, 0.29) is 30.0 Å². The van der Waals surface area contributed by atoms with Gasteiger partial charge in [0.2, 0.25) is 5.91 Å². The first-order valence-electron chi connectivity index (χ1n) is 9.93. The molecule has 1 fully saturated rings. The summed E-state index contributed by atoms with van der Waals surface area (Å²) in [6.45, 7) is 3.50. The molecule has 1 heterocycles. The van der Waals surface area contributed by atoms with Gasteiger partial charge in [-0.05, 0) is 55.0 Å². The highest BCUT2D eigenvalue weighted by atomic mass is 19.1. The van der Waals surface area contributed by atoms with Crippen molar-refractivity contribution >= 4 is 24.0 Å². The van der Waals surface area contributed by atoms with Gasteiger partial charge in [0.25, 0.3) is 5.91 Å². The van der Waals surface area contributed by atoms with Gasteiger partial charge in [0.15, 0.2) is 0 Å². The van der Waals surface area contributed by atoms with Gasteiger partial charge < -0.3 is 19.3 Å². The molecular formula is C23H23FN2O5. The summed E-state index contributed by atoms with van der Waals surface area (Å²) in [7, 11) is 0. The molecule has 0 radical (unpaired) electrons. The molecule has 0 aromatic heterocycles. The molecule has 0 aliphatic carbocycles. The molecule has 2 aromatic rings. The Balaban J connectivity index is 1.51. The molecule has 2 amide bonds. The Hall–Kier alpha value is -3.68. The van der Waals surface area contributed by atoms with Crippen LogP contribution < -0.4 is 4.74 Å². The first kappa shape index (κ1) is 22.0. The van der Waals surface area contributed by atoms with E-state index < -0.39 is 6.16 Å². The molecule has 0 spiro atoms. The highest BCUT2D eigenvalue weighted by Gasteiger charge is 2.24. The van der Waals surface area contributed by atoms with Gasteiger partial charge in [0.05, 0.1) is 6.61 Å². The average Bonchev–Trinajstić information content (AvgIpc) is 2.78. The smallest absolute Gasteiger partial charge is 0.434 e. The maximum absolute atomic E-state index is 13.2. The Labute approximate surface area is 179 Å². The van der Waals surface area contributed by atoms with Crippen LogP contribution in [0.15, 0.2) is 54.6 Å². The highest BCUT2D eigenvalue weighted by Crippen LogP contribution is 2.16. The second-order valence-electron chi connectivity index (χ2n) is 6.82. The molecule has 0 bridgehead atoms. The molecule has 0 N–H and O–H groups in total. The number of piperazine rings is 1. The third kappa shape index (κ3) is 6.15. The van der Waals surface area contributed by atoms with E-state index in [4.69, 9.17) is 9.47 Å². The molecule has 31 heavy (non-hydrogen) atoms. The van der Waals surface area contributed by atoms with Crippen LogP contribution in [-0.4, -0.2) is 60.6 Å². The Morgan fingerprint density at radius 1 is 1.00 bits per heavy atom. The Kier molecular flexibility index (Phi) is 7.37. The molecule has 1 aliphatic heterocycles. The molecule has 1 aliphatic rings. The minimum atomic E-state index is -0.797. The minimum absolute atomic E-state index is 0.162. The number of halogens is 1. The second kappa shape index (κ2) is 10.4. The van der Waals surface area contributed by atoms with Crippen LogP contribution in [0.1, 0.15) is 22.8 Å². The van der Waals surface area contributed by atoms with Crippen LogP contribution in [0.2, 0.25) is 0 Å². The number of amides is 2. The number of nitrogens with zero attached hydrogens (tertiary/aromatic N) is 2. The quantitative estimate of drug-likeness (QED) is 0.416. The molecule has 2 aromatic carbocycles. The second-order valence-corrected chi connectivity index (χ2v) is 6.82. The van der Waals surface area contributed by atoms with E-state index in [1.165, 1.54) is 30.3 Å². The van der Waals surface area contributed by atoms with Crippen LogP contribution in [-0.2, 0) is 9.53 Å².